The van der Waals surface area contributed by atoms with E-state index < -0.39 is 0 Å². The predicted molar refractivity (Wildman–Crippen MR) is 84.6 cm³/mol. The number of thioether (sulfide) groups is 1. The minimum absolute atomic E-state index is 0.119. The average molecular weight is 271 g/mol. The summed E-state index contributed by atoms with van der Waals surface area (Å²) in [6, 6.07) is 17.4. The minimum Gasteiger partial charge on any atom is -0.327 e. The Morgan fingerprint density at radius 3 is 1.79 bits per heavy atom. The molecule has 0 bridgehead atoms. The van der Waals surface area contributed by atoms with Gasteiger partial charge in [-0.05, 0) is 38.5 Å². The first-order chi connectivity index (χ1) is 9.06. The van der Waals surface area contributed by atoms with Gasteiger partial charge in [0.05, 0.1) is 0 Å². The Morgan fingerprint density at radius 2 is 1.32 bits per heavy atom. The van der Waals surface area contributed by atoms with Crippen LogP contribution in [0.3, 0.4) is 0 Å². The number of benzene rings is 2. The molecule has 0 fully saturated rings. The molecule has 0 spiro atoms. The monoisotopic (exact) mass is 271 g/mol. The molecular formula is C17H21NS. The summed E-state index contributed by atoms with van der Waals surface area (Å²) in [4.78, 5) is 1.27. The van der Waals surface area contributed by atoms with E-state index in [9.17, 15) is 0 Å². The highest BCUT2D eigenvalue weighted by Crippen LogP contribution is 2.37. The molecule has 2 atom stereocenters. The second-order valence-corrected chi connectivity index (χ2v) is 6.34. The maximum absolute atomic E-state index is 6.16. The minimum atomic E-state index is 0.119. The molecule has 1 nitrogen and oxygen atoms in total. The molecule has 0 aliphatic rings. The summed E-state index contributed by atoms with van der Waals surface area (Å²) in [7, 11) is 0. The fraction of sp³-hybridized carbons (Fsp3) is 0.294. The van der Waals surface area contributed by atoms with Crippen LogP contribution in [0.1, 0.15) is 28.9 Å². The second kappa shape index (κ2) is 6.27. The third-order valence-electron chi connectivity index (χ3n) is 3.17. The molecule has 0 saturated heterocycles. The molecule has 100 valence electrons. The Hall–Kier alpha value is -1.25. The lowest BCUT2D eigenvalue weighted by molar-refractivity contribution is 0.721. The molecule has 2 aromatic carbocycles. The number of nitrogens with two attached hydrogens (primary N) is 1. The van der Waals surface area contributed by atoms with Crippen LogP contribution in [0.25, 0.3) is 0 Å². The molecule has 0 amide bonds. The van der Waals surface area contributed by atoms with Crippen molar-refractivity contribution in [3.8, 4) is 0 Å². The zero-order valence-electron chi connectivity index (χ0n) is 11.8. The number of hydrogen-bond acceptors (Lipinski definition) is 2. The fourth-order valence-corrected chi connectivity index (χ4v) is 3.09. The van der Waals surface area contributed by atoms with E-state index in [1.54, 1.807) is 0 Å². The van der Waals surface area contributed by atoms with Crippen LogP contribution in [-0.4, -0.2) is 6.04 Å². The normalized spacial score (nSPS) is 14.1. The maximum atomic E-state index is 6.16. The summed E-state index contributed by atoms with van der Waals surface area (Å²) in [6.07, 6.45) is 0. The van der Waals surface area contributed by atoms with Crippen molar-refractivity contribution in [1.29, 1.82) is 0 Å². The van der Waals surface area contributed by atoms with Crippen molar-refractivity contribution >= 4 is 11.8 Å². The molecule has 0 aromatic heterocycles. The highest BCUT2D eigenvalue weighted by Gasteiger charge is 2.17. The lowest BCUT2D eigenvalue weighted by Gasteiger charge is -2.21. The molecule has 0 heterocycles. The van der Waals surface area contributed by atoms with Crippen LogP contribution >= 0.6 is 11.8 Å². The van der Waals surface area contributed by atoms with E-state index in [1.165, 1.54) is 21.6 Å². The lowest BCUT2D eigenvalue weighted by Crippen LogP contribution is -2.22. The molecule has 0 aliphatic carbocycles. The predicted octanol–water partition coefficient (Wildman–Crippen LogP) is 4.48. The van der Waals surface area contributed by atoms with Gasteiger partial charge in [0.15, 0.2) is 0 Å². The van der Waals surface area contributed by atoms with Crippen LogP contribution in [0.2, 0.25) is 0 Å². The number of aryl methyl sites for hydroxylation is 2. The second-order valence-electron chi connectivity index (χ2n) is 5.12. The summed E-state index contributed by atoms with van der Waals surface area (Å²) in [5.41, 5.74) is 10.0. The van der Waals surface area contributed by atoms with E-state index in [0.717, 1.165) is 0 Å². The Kier molecular flexibility index (Phi) is 4.67. The van der Waals surface area contributed by atoms with Crippen LogP contribution < -0.4 is 5.73 Å². The summed E-state index contributed by atoms with van der Waals surface area (Å²) < 4.78 is 0. The van der Waals surface area contributed by atoms with Gasteiger partial charge in [-0.1, -0.05) is 47.5 Å². The Morgan fingerprint density at radius 1 is 0.842 bits per heavy atom. The molecule has 0 radical (unpaired) electrons. The van der Waals surface area contributed by atoms with Gasteiger partial charge in [0.25, 0.3) is 0 Å². The first-order valence-electron chi connectivity index (χ1n) is 6.62. The van der Waals surface area contributed by atoms with Gasteiger partial charge in [0.1, 0.15) is 0 Å². The highest BCUT2D eigenvalue weighted by molar-refractivity contribution is 7.99. The van der Waals surface area contributed by atoms with Crippen molar-refractivity contribution in [3.63, 3.8) is 0 Å². The summed E-state index contributed by atoms with van der Waals surface area (Å²) in [5.74, 6) is 0. The van der Waals surface area contributed by atoms with Crippen molar-refractivity contribution in [2.45, 2.75) is 37.0 Å². The first kappa shape index (κ1) is 14.2. The van der Waals surface area contributed by atoms with Gasteiger partial charge in [-0.2, -0.15) is 0 Å². The molecule has 2 heteroatoms. The number of rotatable bonds is 4. The van der Waals surface area contributed by atoms with E-state index in [2.05, 4.69) is 69.3 Å². The maximum Gasteiger partial charge on any atom is 0.0492 e. The smallest absolute Gasteiger partial charge is 0.0492 e. The van der Waals surface area contributed by atoms with Crippen LogP contribution in [0, 0.1) is 13.8 Å². The van der Waals surface area contributed by atoms with Gasteiger partial charge in [-0.25, -0.2) is 0 Å². The Bertz CT molecular complexity index is 514. The van der Waals surface area contributed by atoms with Gasteiger partial charge in [-0.15, -0.1) is 11.8 Å². The quantitative estimate of drug-likeness (QED) is 0.829. The van der Waals surface area contributed by atoms with Crippen molar-refractivity contribution in [1.82, 2.24) is 0 Å². The average Bonchev–Trinajstić information content (AvgIpc) is 2.39. The zero-order valence-corrected chi connectivity index (χ0v) is 12.6. The number of hydrogen-bond donors (Lipinski definition) is 1. The molecule has 0 saturated carbocycles. The van der Waals surface area contributed by atoms with Crippen LogP contribution in [-0.2, 0) is 0 Å². The van der Waals surface area contributed by atoms with E-state index in [0.29, 0.717) is 5.25 Å². The summed E-state index contributed by atoms with van der Waals surface area (Å²) in [6.45, 7) is 6.29. The standard InChI is InChI=1S/C17H21NS/c1-12-4-8-15(9-5-12)17(14(3)18)19-16-10-6-13(2)7-11-16/h4-11,14,17H,18H2,1-3H3. The largest absolute Gasteiger partial charge is 0.327 e. The molecule has 2 unspecified atom stereocenters. The van der Waals surface area contributed by atoms with E-state index >= 15 is 0 Å². The van der Waals surface area contributed by atoms with Gasteiger partial charge >= 0.3 is 0 Å². The summed E-state index contributed by atoms with van der Waals surface area (Å²) >= 11 is 1.84. The molecule has 2 aromatic rings. The van der Waals surface area contributed by atoms with Gasteiger partial charge < -0.3 is 5.73 Å². The van der Waals surface area contributed by atoms with Crippen molar-refractivity contribution < 1.29 is 0 Å². The van der Waals surface area contributed by atoms with E-state index in [4.69, 9.17) is 5.73 Å². The Labute approximate surface area is 120 Å². The van der Waals surface area contributed by atoms with Crippen LogP contribution in [0.15, 0.2) is 53.4 Å². The Balaban J connectivity index is 2.21. The van der Waals surface area contributed by atoms with Crippen molar-refractivity contribution in [2.24, 2.45) is 5.73 Å². The van der Waals surface area contributed by atoms with Crippen molar-refractivity contribution in [2.75, 3.05) is 0 Å². The third kappa shape index (κ3) is 3.85. The topological polar surface area (TPSA) is 26.0 Å². The van der Waals surface area contributed by atoms with Crippen molar-refractivity contribution in [3.05, 3.63) is 65.2 Å². The molecule has 19 heavy (non-hydrogen) atoms. The molecule has 2 rings (SSSR count). The SMILES string of the molecule is Cc1ccc(SC(c2ccc(C)cc2)C(C)N)cc1. The first-order valence-corrected chi connectivity index (χ1v) is 7.49. The van der Waals surface area contributed by atoms with Gasteiger partial charge in [0, 0.05) is 16.2 Å². The lowest BCUT2D eigenvalue weighted by atomic mass is 10.1. The molecule has 2 N–H and O–H groups in total. The third-order valence-corrected chi connectivity index (χ3v) is 4.67. The van der Waals surface area contributed by atoms with E-state index in [-0.39, 0.29) is 6.04 Å². The molecule has 0 aliphatic heterocycles. The molecular weight excluding hydrogens is 250 g/mol. The highest BCUT2D eigenvalue weighted by atomic mass is 32.2. The summed E-state index contributed by atoms with van der Waals surface area (Å²) in [5, 5.41) is 0.295. The zero-order chi connectivity index (χ0) is 13.8. The van der Waals surface area contributed by atoms with Crippen LogP contribution in [0.4, 0.5) is 0 Å². The van der Waals surface area contributed by atoms with Gasteiger partial charge in [0.2, 0.25) is 0 Å². The van der Waals surface area contributed by atoms with Crippen LogP contribution in [0.5, 0.6) is 0 Å². The fourth-order valence-electron chi connectivity index (χ4n) is 2.00. The van der Waals surface area contributed by atoms with E-state index in [1.807, 2.05) is 11.8 Å². The van der Waals surface area contributed by atoms with Gasteiger partial charge in [-0.3, -0.25) is 0 Å².